The number of likely N-dealkylation sites (tertiary alicyclic amines) is 1. The Bertz CT molecular complexity index is 343. The molecular formula is C14H24N2O3. The van der Waals surface area contributed by atoms with E-state index in [9.17, 15) is 9.59 Å². The summed E-state index contributed by atoms with van der Waals surface area (Å²) in [4.78, 5) is 25.4. The van der Waals surface area contributed by atoms with Crippen molar-refractivity contribution in [3.05, 3.63) is 0 Å². The Labute approximate surface area is 114 Å². The maximum atomic E-state index is 12.2. The van der Waals surface area contributed by atoms with Crippen LogP contribution >= 0.6 is 0 Å². The average molecular weight is 268 g/mol. The average Bonchev–Trinajstić information content (AvgIpc) is 2.91. The highest BCUT2D eigenvalue weighted by Gasteiger charge is 2.44. The summed E-state index contributed by atoms with van der Waals surface area (Å²) in [5.41, 5.74) is -0.588. The summed E-state index contributed by atoms with van der Waals surface area (Å²) in [6.07, 6.45) is 6.03. The minimum Gasteiger partial charge on any atom is -0.468 e. The van der Waals surface area contributed by atoms with Gasteiger partial charge in [-0.3, -0.25) is 14.9 Å². The standard InChI is InChI=1S/C14H24N2O3/c1-11(17)16-9-7-14(8-10-16,13(18)19-2)15-12-5-3-4-6-12/h12,15H,3-10H2,1-2H3. The summed E-state index contributed by atoms with van der Waals surface area (Å²) in [7, 11) is 1.44. The van der Waals surface area contributed by atoms with Crippen LogP contribution in [0.15, 0.2) is 0 Å². The largest absolute Gasteiger partial charge is 0.468 e. The second kappa shape index (κ2) is 5.90. The van der Waals surface area contributed by atoms with Crippen LogP contribution in [0.4, 0.5) is 0 Å². The van der Waals surface area contributed by atoms with Crippen molar-refractivity contribution in [3.8, 4) is 0 Å². The predicted octanol–water partition coefficient (Wildman–Crippen LogP) is 1.07. The summed E-state index contributed by atoms with van der Waals surface area (Å²) < 4.78 is 4.99. The molecule has 0 radical (unpaired) electrons. The van der Waals surface area contributed by atoms with Gasteiger partial charge >= 0.3 is 5.97 Å². The van der Waals surface area contributed by atoms with Crippen molar-refractivity contribution in [2.24, 2.45) is 0 Å². The van der Waals surface area contributed by atoms with Crippen molar-refractivity contribution in [1.29, 1.82) is 0 Å². The van der Waals surface area contributed by atoms with Crippen LogP contribution in [0, 0.1) is 0 Å². The first-order chi connectivity index (χ1) is 9.07. The number of nitrogens with zero attached hydrogens (tertiary/aromatic N) is 1. The van der Waals surface area contributed by atoms with Gasteiger partial charge in [0, 0.05) is 26.1 Å². The molecule has 0 spiro atoms. The molecule has 19 heavy (non-hydrogen) atoms. The summed E-state index contributed by atoms with van der Waals surface area (Å²) in [6, 6.07) is 0.419. The van der Waals surface area contributed by atoms with Crippen LogP contribution in [0.25, 0.3) is 0 Å². The molecule has 1 amide bonds. The lowest BCUT2D eigenvalue weighted by Crippen LogP contribution is -2.61. The number of esters is 1. The van der Waals surface area contributed by atoms with Crippen molar-refractivity contribution in [2.75, 3.05) is 20.2 Å². The monoisotopic (exact) mass is 268 g/mol. The Hall–Kier alpha value is -1.10. The number of rotatable bonds is 3. The van der Waals surface area contributed by atoms with E-state index in [0.29, 0.717) is 32.0 Å². The van der Waals surface area contributed by atoms with Crippen LogP contribution in [0.2, 0.25) is 0 Å². The lowest BCUT2D eigenvalue weighted by Gasteiger charge is -2.41. The number of carbonyl (C=O) groups is 2. The third-order valence-corrected chi connectivity index (χ3v) is 4.47. The first-order valence-corrected chi connectivity index (χ1v) is 7.19. The number of amides is 1. The van der Waals surface area contributed by atoms with E-state index in [1.807, 2.05) is 0 Å². The highest BCUT2D eigenvalue weighted by molar-refractivity contribution is 5.82. The van der Waals surface area contributed by atoms with Gasteiger partial charge in [0.15, 0.2) is 0 Å². The Kier molecular flexibility index (Phi) is 4.45. The van der Waals surface area contributed by atoms with Gasteiger partial charge in [0.25, 0.3) is 0 Å². The third kappa shape index (κ3) is 3.08. The molecule has 0 atom stereocenters. The zero-order chi connectivity index (χ0) is 13.9. The fraction of sp³-hybridized carbons (Fsp3) is 0.857. The minimum absolute atomic E-state index is 0.0827. The quantitative estimate of drug-likeness (QED) is 0.778. The zero-order valence-electron chi connectivity index (χ0n) is 11.9. The lowest BCUT2D eigenvalue weighted by atomic mass is 9.86. The number of hydrogen-bond donors (Lipinski definition) is 1. The fourth-order valence-corrected chi connectivity index (χ4v) is 3.27. The van der Waals surface area contributed by atoms with E-state index in [1.54, 1.807) is 11.8 Å². The number of methoxy groups -OCH3 is 1. The van der Waals surface area contributed by atoms with Crippen LogP contribution in [-0.2, 0) is 14.3 Å². The molecule has 0 unspecified atom stereocenters. The highest BCUT2D eigenvalue weighted by Crippen LogP contribution is 2.28. The summed E-state index contributed by atoms with van der Waals surface area (Å²) in [5.74, 6) is -0.0954. The fourth-order valence-electron chi connectivity index (χ4n) is 3.27. The Morgan fingerprint density at radius 3 is 2.26 bits per heavy atom. The minimum atomic E-state index is -0.588. The number of nitrogens with one attached hydrogen (secondary N) is 1. The molecule has 2 rings (SSSR count). The summed E-state index contributed by atoms with van der Waals surface area (Å²) >= 11 is 0. The van der Waals surface area contributed by atoms with E-state index >= 15 is 0 Å². The van der Waals surface area contributed by atoms with Gasteiger partial charge in [0.1, 0.15) is 5.54 Å². The molecule has 5 nitrogen and oxygen atoms in total. The molecular weight excluding hydrogens is 244 g/mol. The van der Waals surface area contributed by atoms with Crippen molar-refractivity contribution in [3.63, 3.8) is 0 Å². The van der Waals surface area contributed by atoms with Crippen LogP contribution in [0.1, 0.15) is 45.4 Å². The molecule has 0 aromatic carbocycles. The first kappa shape index (κ1) is 14.3. The van der Waals surface area contributed by atoms with Crippen molar-refractivity contribution in [1.82, 2.24) is 10.2 Å². The Morgan fingerprint density at radius 2 is 1.79 bits per heavy atom. The molecule has 2 fully saturated rings. The van der Waals surface area contributed by atoms with Crippen LogP contribution in [0.3, 0.4) is 0 Å². The van der Waals surface area contributed by atoms with Gasteiger partial charge in [-0.05, 0) is 25.7 Å². The smallest absolute Gasteiger partial charge is 0.326 e. The molecule has 0 aromatic rings. The van der Waals surface area contributed by atoms with Crippen LogP contribution in [0.5, 0.6) is 0 Å². The molecule has 1 aliphatic carbocycles. The number of hydrogen-bond acceptors (Lipinski definition) is 4. The molecule has 1 saturated carbocycles. The number of ether oxygens (including phenoxy) is 1. The second-order valence-corrected chi connectivity index (χ2v) is 5.71. The molecule has 0 bridgehead atoms. The maximum absolute atomic E-state index is 12.2. The second-order valence-electron chi connectivity index (χ2n) is 5.71. The number of carbonyl (C=O) groups excluding carboxylic acids is 2. The van der Waals surface area contributed by atoms with E-state index in [0.717, 1.165) is 12.8 Å². The molecule has 1 N–H and O–H groups in total. The molecule has 1 aliphatic heterocycles. The van der Waals surface area contributed by atoms with E-state index in [4.69, 9.17) is 4.74 Å². The molecule has 1 saturated heterocycles. The van der Waals surface area contributed by atoms with Gasteiger partial charge in [0.2, 0.25) is 5.91 Å². The van der Waals surface area contributed by atoms with E-state index in [1.165, 1.54) is 20.0 Å². The molecule has 0 aromatic heterocycles. The normalized spacial score (nSPS) is 23.4. The zero-order valence-corrected chi connectivity index (χ0v) is 11.9. The summed E-state index contributed by atoms with van der Waals surface area (Å²) in [6.45, 7) is 2.84. The van der Waals surface area contributed by atoms with E-state index in [-0.39, 0.29) is 11.9 Å². The predicted molar refractivity (Wildman–Crippen MR) is 71.6 cm³/mol. The van der Waals surface area contributed by atoms with Crippen molar-refractivity contribution < 1.29 is 14.3 Å². The first-order valence-electron chi connectivity index (χ1n) is 7.19. The Balaban J connectivity index is 2.04. The third-order valence-electron chi connectivity index (χ3n) is 4.47. The van der Waals surface area contributed by atoms with Gasteiger partial charge in [-0.2, -0.15) is 0 Å². The van der Waals surface area contributed by atoms with Gasteiger partial charge in [0.05, 0.1) is 7.11 Å². The maximum Gasteiger partial charge on any atom is 0.326 e. The van der Waals surface area contributed by atoms with Gasteiger partial charge < -0.3 is 9.64 Å². The number of piperidine rings is 1. The van der Waals surface area contributed by atoms with E-state index < -0.39 is 5.54 Å². The highest BCUT2D eigenvalue weighted by atomic mass is 16.5. The van der Waals surface area contributed by atoms with Crippen molar-refractivity contribution in [2.45, 2.75) is 57.0 Å². The van der Waals surface area contributed by atoms with Gasteiger partial charge in [-0.25, -0.2) is 0 Å². The van der Waals surface area contributed by atoms with Gasteiger partial charge in [-0.1, -0.05) is 12.8 Å². The molecule has 1 heterocycles. The lowest BCUT2D eigenvalue weighted by molar-refractivity contribution is -0.153. The molecule has 108 valence electrons. The summed E-state index contributed by atoms with van der Waals surface area (Å²) in [5, 5.41) is 3.53. The molecule has 5 heteroatoms. The Morgan fingerprint density at radius 1 is 1.21 bits per heavy atom. The van der Waals surface area contributed by atoms with Crippen LogP contribution < -0.4 is 5.32 Å². The van der Waals surface area contributed by atoms with Crippen molar-refractivity contribution >= 4 is 11.9 Å². The topological polar surface area (TPSA) is 58.6 Å². The molecule has 2 aliphatic rings. The van der Waals surface area contributed by atoms with Gasteiger partial charge in [-0.15, -0.1) is 0 Å². The van der Waals surface area contributed by atoms with E-state index in [2.05, 4.69) is 5.32 Å². The van der Waals surface area contributed by atoms with Crippen LogP contribution in [-0.4, -0.2) is 48.6 Å². The SMILES string of the molecule is COC(=O)C1(NC2CCCC2)CCN(C(C)=O)CC1.